The molecule has 0 saturated carbocycles. The van der Waals surface area contributed by atoms with Crippen molar-refractivity contribution in [2.75, 3.05) is 20.1 Å². The second kappa shape index (κ2) is 4.69. The van der Waals surface area contributed by atoms with Gasteiger partial charge in [0.05, 0.1) is 6.34 Å². The number of hydrogen-bond donors (Lipinski definition) is 0. The molecule has 0 radical (unpaired) electrons. The summed E-state index contributed by atoms with van der Waals surface area (Å²) in [6.07, 6.45) is 1.93. The Labute approximate surface area is 98.0 Å². The molecule has 1 aliphatic rings. The first-order valence-electron chi connectivity index (χ1n) is 5.97. The quantitative estimate of drug-likeness (QED) is 0.742. The van der Waals surface area contributed by atoms with Crippen LogP contribution in [0.5, 0.6) is 0 Å². The Kier molecular flexibility index (Phi) is 3.28. The fourth-order valence-electron chi connectivity index (χ4n) is 2.15. The number of rotatable bonds is 2. The first-order chi connectivity index (χ1) is 7.66. The number of likely N-dealkylation sites (N-methyl/N-ethyl adjacent to an activating group) is 1. The van der Waals surface area contributed by atoms with Crippen molar-refractivity contribution in [2.45, 2.75) is 25.7 Å². The summed E-state index contributed by atoms with van der Waals surface area (Å²) in [4.78, 5) is 6.55. The molecule has 16 heavy (non-hydrogen) atoms. The summed E-state index contributed by atoms with van der Waals surface area (Å²) in [6, 6.07) is 8.95. The van der Waals surface area contributed by atoms with E-state index in [4.69, 9.17) is 0 Å². The van der Waals surface area contributed by atoms with Crippen molar-refractivity contribution in [3.8, 4) is 0 Å². The molecular formula is C14H20N2. The summed E-state index contributed by atoms with van der Waals surface area (Å²) in [6.45, 7) is 6.48. The lowest BCUT2D eigenvalue weighted by Crippen LogP contribution is -2.29. The van der Waals surface area contributed by atoms with Crippen LogP contribution >= 0.6 is 0 Å². The predicted octanol–water partition coefficient (Wildman–Crippen LogP) is 2.87. The molecule has 0 N–H and O–H groups in total. The molecule has 1 aliphatic heterocycles. The molecule has 0 aromatic heterocycles. The van der Waals surface area contributed by atoms with Crippen molar-refractivity contribution in [1.29, 1.82) is 0 Å². The van der Waals surface area contributed by atoms with Crippen LogP contribution in [0.1, 0.15) is 36.8 Å². The van der Waals surface area contributed by atoms with Crippen molar-refractivity contribution >= 4 is 6.34 Å². The minimum absolute atomic E-state index is 0.550. The lowest BCUT2D eigenvalue weighted by molar-refractivity contribution is 0.439. The fourth-order valence-corrected chi connectivity index (χ4v) is 2.15. The number of benzene rings is 1. The van der Waals surface area contributed by atoms with Gasteiger partial charge in [0.1, 0.15) is 0 Å². The summed E-state index contributed by atoms with van der Waals surface area (Å²) < 4.78 is 0. The fraction of sp³-hybridized carbons (Fsp3) is 0.500. The highest BCUT2D eigenvalue weighted by molar-refractivity contribution is 5.56. The minimum atomic E-state index is 0.550. The van der Waals surface area contributed by atoms with Gasteiger partial charge in [-0.15, -0.1) is 0 Å². The number of hydrogen-bond acceptors (Lipinski definition) is 2. The van der Waals surface area contributed by atoms with E-state index in [2.05, 4.69) is 55.1 Å². The molecule has 1 heterocycles. The van der Waals surface area contributed by atoms with E-state index < -0.39 is 0 Å². The van der Waals surface area contributed by atoms with Gasteiger partial charge in [-0.25, -0.2) is 0 Å². The predicted molar refractivity (Wildman–Crippen MR) is 69.3 cm³/mol. The molecule has 0 spiro atoms. The summed E-state index contributed by atoms with van der Waals surface area (Å²) in [5, 5.41) is 0. The lowest BCUT2D eigenvalue weighted by atomic mass is 9.93. The van der Waals surface area contributed by atoms with E-state index in [1.807, 2.05) is 6.34 Å². The zero-order valence-corrected chi connectivity index (χ0v) is 10.4. The Balaban J connectivity index is 2.20. The minimum Gasteiger partial charge on any atom is -0.365 e. The average molecular weight is 216 g/mol. The molecule has 1 aromatic rings. The van der Waals surface area contributed by atoms with Gasteiger partial charge in [0.2, 0.25) is 0 Å². The second-order valence-corrected chi connectivity index (χ2v) is 4.94. The lowest BCUT2D eigenvalue weighted by Gasteiger charge is -2.26. The van der Waals surface area contributed by atoms with Crippen LogP contribution in [-0.2, 0) is 0 Å². The van der Waals surface area contributed by atoms with Crippen molar-refractivity contribution in [2.24, 2.45) is 4.99 Å². The maximum atomic E-state index is 4.39. The van der Waals surface area contributed by atoms with Gasteiger partial charge in [0.25, 0.3) is 0 Å². The topological polar surface area (TPSA) is 15.6 Å². The summed E-state index contributed by atoms with van der Waals surface area (Å²) in [5.74, 6) is 1.15. The van der Waals surface area contributed by atoms with Crippen LogP contribution in [0.3, 0.4) is 0 Å². The van der Waals surface area contributed by atoms with Crippen molar-refractivity contribution in [3.63, 3.8) is 0 Å². The van der Waals surface area contributed by atoms with Gasteiger partial charge in [0.15, 0.2) is 0 Å². The Morgan fingerprint density at radius 2 is 2.19 bits per heavy atom. The van der Waals surface area contributed by atoms with E-state index in [0.29, 0.717) is 11.8 Å². The summed E-state index contributed by atoms with van der Waals surface area (Å²) in [7, 11) is 2.09. The zero-order valence-electron chi connectivity index (χ0n) is 10.4. The molecule has 0 saturated heterocycles. The molecule has 0 fully saturated rings. The molecule has 1 atom stereocenters. The highest BCUT2D eigenvalue weighted by Gasteiger charge is 2.16. The Morgan fingerprint density at radius 3 is 2.88 bits per heavy atom. The molecule has 86 valence electrons. The average Bonchev–Trinajstić information content (AvgIpc) is 2.29. The highest BCUT2D eigenvalue weighted by Crippen LogP contribution is 2.23. The van der Waals surface area contributed by atoms with Crippen LogP contribution in [0.15, 0.2) is 29.3 Å². The molecule has 1 unspecified atom stereocenters. The van der Waals surface area contributed by atoms with Crippen LogP contribution in [-0.4, -0.2) is 31.4 Å². The normalized spacial score (nSPS) is 20.5. The van der Waals surface area contributed by atoms with E-state index >= 15 is 0 Å². The summed E-state index contributed by atoms with van der Waals surface area (Å²) >= 11 is 0. The monoisotopic (exact) mass is 216 g/mol. The molecule has 2 rings (SSSR count). The van der Waals surface area contributed by atoms with Crippen LogP contribution in [0.25, 0.3) is 0 Å². The van der Waals surface area contributed by atoms with Gasteiger partial charge in [-0.2, -0.15) is 0 Å². The van der Waals surface area contributed by atoms with Gasteiger partial charge < -0.3 is 4.90 Å². The third kappa shape index (κ3) is 2.43. The SMILES string of the molecule is CC(C)c1cccc(C2CN=CN(C)C2)c1. The maximum Gasteiger partial charge on any atom is 0.0847 e. The Morgan fingerprint density at radius 1 is 1.38 bits per heavy atom. The molecule has 0 bridgehead atoms. The molecular weight excluding hydrogens is 196 g/mol. The van der Waals surface area contributed by atoms with E-state index in [0.717, 1.165) is 13.1 Å². The smallest absolute Gasteiger partial charge is 0.0847 e. The standard InChI is InChI=1S/C14H20N2/c1-11(2)12-5-4-6-13(7-12)14-8-15-10-16(3)9-14/h4-7,10-11,14H,8-9H2,1-3H3. The second-order valence-electron chi connectivity index (χ2n) is 4.94. The van der Waals surface area contributed by atoms with Crippen LogP contribution in [0, 0.1) is 0 Å². The maximum absolute atomic E-state index is 4.39. The van der Waals surface area contributed by atoms with Crippen LogP contribution in [0.2, 0.25) is 0 Å². The van der Waals surface area contributed by atoms with Crippen molar-refractivity contribution < 1.29 is 0 Å². The van der Waals surface area contributed by atoms with E-state index in [1.165, 1.54) is 11.1 Å². The highest BCUT2D eigenvalue weighted by atomic mass is 15.1. The summed E-state index contributed by atoms with van der Waals surface area (Å²) in [5.41, 5.74) is 2.85. The third-order valence-corrected chi connectivity index (χ3v) is 3.16. The van der Waals surface area contributed by atoms with Gasteiger partial charge in [-0.1, -0.05) is 38.1 Å². The van der Waals surface area contributed by atoms with E-state index in [1.54, 1.807) is 0 Å². The Bertz CT molecular complexity index is 382. The van der Waals surface area contributed by atoms with Crippen molar-refractivity contribution in [1.82, 2.24) is 4.90 Å². The first kappa shape index (κ1) is 11.2. The van der Waals surface area contributed by atoms with Crippen molar-refractivity contribution in [3.05, 3.63) is 35.4 Å². The Hall–Kier alpha value is -1.31. The van der Waals surface area contributed by atoms with Gasteiger partial charge in [-0.3, -0.25) is 4.99 Å². The van der Waals surface area contributed by atoms with Gasteiger partial charge >= 0.3 is 0 Å². The number of nitrogens with zero attached hydrogens (tertiary/aromatic N) is 2. The van der Waals surface area contributed by atoms with E-state index in [9.17, 15) is 0 Å². The largest absolute Gasteiger partial charge is 0.365 e. The van der Waals surface area contributed by atoms with Gasteiger partial charge in [-0.05, 0) is 17.0 Å². The van der Waals surface area contributed by atoms with Crippen LogP contribution < -0.4 is 0 Å². The molecule has 0 aliphatic carbocycles. The molecule has 2 heteroatoms. The van der Waals surface area contributed by atoms with E-state index in [-0.39, 0.29) is 0 Å². The molecule has 0 amide bonds. The molecule has 2 nitrogen and oxygen atoms in total. The van der Waals surface area contributed by atoms with Gasteiger partial charge in [0, 0.05) is 26.1 Å². The first-order valence-corrected chi connectivity index (χ1v) is 5.97. The van der Waals surface area contributed by atoms with Crippen LogP contribution in [0.4, 0.5) is 0 Å². The third-order valence-electron chi connectivity index (χ3n) is 3.16. The zero-order chi connectivity index (χ0) is 11.5. The molecule has 1 aromatic carbocycles. The number of aliphatic imine (C=N–C) groups is 1.